The van der Waals surface area contributed by atoms with Crippen LogP contribution in [0.3, 0.4) is 0 Å². The second kappa shape index (κ2) is 5.02. The lowest BCUT2D eigenvalue weighted by Gasteiger charge is -2.34. The zero-order chi connectivity index (χ0) is 13.2. The number of rotatable bonds is 4. The third-order valence-electron chi connectivity index (χ3n) is 3.25. The quantitative estimate of drug-likeness (QED) is 0.670. The van der Waals surface area contributed by atoms with Crippen molar-refractivity contribution in [3.05, 3.63) is 23.9 Å². The van der Waals surface area contributed by atoms with Gasteiger partial charge in [-0.3, -0.25) is 4.79 Å². The molecule has 4 nitrogen and oxygen atoms in total. The van der Waals surface area contributed by atoms with Gasteiger partial charge in [-0.15, -0.1) is 0 Å². The first kappa shape index (κ1) is 13.9. The Hall–Kier alpha value is -1.13. The zero-order valence-electron chi connectivity index (χ0n) is 10.8. The van der Waals surface area contributed by atoms with E-state index in [4.69, 9.17) is 17.2 Å². The molecule has 17 heavy (non-hydrogen) atoms. The highest BCUT2D eigenvalue weighted by Gasteiger charge is 2.40. The van der Waals surface area contributed by atoms with E-state index in [1.807, 2.05) is 13.8 Å². The normalized spacial score (nSPS) is 30.2. The van der Waals surface area contributed by atoms with Crippen LogP contribution in [0.4, 0.5) is 0 Å². The summed E-state index contributed by atoms with van der Waals surface area (Å²) in [6.07, 6.45) is 5.88. The van der Waals surface area contributed by atoms with Crippen molar-refractivity contribution < 1.29 is 4.79 Å². The molecular formula is C13H23N3O. The first-order valence-corrected chi connectivity index (χ1v) is 5.99. The topological polar surface area (TPSA) is 95.1 Å². The molecule has 0 saturated heterocycles. The molecule has 0 saturated carbocycles. The van der Waals surface area contributed by atoms with Gasteiger partial charge in [0, 0.05) is 11.7 Å². The maximum atomic E-state index is 12.4. The van der Waals surface area contributed by atoms with Gasteiger partial charge in [-0.2, -0.15) is 0 Å². The summed E-state index contributed by atoms with van der Waals surface area (Å²) in [4.78, 5) is 12.4. The zero-order valence-corrected chi connectivity index (χ0v) is 10.8. The van der Waals surface area contributed by atoms with Crippen LogP contribution in [0.25, 0.3) is 0 Å². The van der Waals surface area contributed by atoms with E-state index in [2.05, 4.69) is 0 Å². The van der Waals surface area contributed by atoms with Gasteiger partial charge in [-0.1, -0.05) is 19.9 Å². The van der Waals surface area contributed by atoms with Gasteiger partial charge in [0.15, 0.2) is 5.78 Å². The minimum absolute atomic E-state index is 0.0361. The highest BCUT2D eigenvalue weighted by atomic mass is 16.1. The molecule has 96 valence electrons. The number of nitrogens with two attached hydrogens (primary N) is 3. The minimum atomic E-state index is -0.785. The molecule has 0 bridgehead atoms. The molecule has 0 spiro atoms. The van der Waals surface area contributed by atoms with Crippen LogP contribution in [0.5, 0.6) is 0 Å². The van der Waals surface area contributed by atoms with Crippen LogP contribution >= 0.6 is 0 Å². The van der Waals surface area contributed by atoms with Gasteiger partial charge in [0.1, 0.15) is 0 Å². The van der Waals surface area contributed by atoms with Crippen LogP contribution < -0.4 is 17.2 Å². The molecule has 0 aromatic heterocycles. The third kappa shape index (κ3) is 2.96. The highest BCUT2D eigenvalue weighted by molar-refractivity contribution is 5.92. The van der Waals surface area contributed by atoms with E-state index in [1.165, 1.54) is 0 Å². The molecule has 4 heteroatoms. The van der Waals surface area contributed by atoms with Crippen LogP contribution in [0.1, 0.15) is 27.2 Å². The maximum absolute atomic E-state index is 12.4. The number of carbonyl (C=O) groups excluding carboxylic acids is 1. The average molecular weight is 237 g/mol. The predicted molar refractivity (Wildman–Crippen MR) is 69.9 cm³/mol. The van der Waals surface area contributed by atoms with Crippen molar-refractivity contribution in [2.45, 2.75) is 39.3 Å². The number of carbonyl (C=O) groups is 1. The molecule has 0 aromatic carbocycles. The van der Waals surface area contributed by atoms with Gasteiger partial charge in [0.05, 0.1) is 11.5 Å². The molecule has 0 aromatic rings. The number of Topliss-reactive ketones (excluding diaryl/α,β-unsaturated/α-hetero) is 1. The molecule has 0 radical (unpaired) electrons. The van der Waals surface area contributed by atoms with Crippen molar-refractivity contribution in [3.8, 4) is 0 Å². The Morgan fingerprint density at radius 1 is 1.53 bits per heavy atom. The van der Waals surface area contributed by atoms with E-state index in [0.717, 1.165) is 0 Å². The van der Waals surface area contributed by atoms with Gasteiger partial charge >= 0.3 is 0 Å². The van der Waals surface area contributed by atoms with E-state index < -0.39 is 11.5 Å². The predicted octanol–water partition coefficient (Wildman–Crippen LogP) is 0.675. The molecule has 6 N–H and O–H groups in total. The van der Waals surface area contributed by atoms with E-state index >= 15 is 0 Å². The molecule has 1 aliphatic carbocycles. The minimum Gasteiger partial charge on any atom is -0.399 e. The van der Waals surface area contributed by atoms with Crippen molar-refractivity contribution in [1.82, 2.24) is 0 Å². The second-order valence-electron chi connectivity index (χ2n) is 5.41. The lowest BCUT2D eigenvalue weighted by atomic mass is 9.72. The number of ketones is 1. The molecule has 1 aliphatic rings. The number of hydrogen-bond acceptors (Lipinski definition) is 4. The summed E-state index contributed by atoms with van der Waals surface area (Å²) in [5, 5.41) is 0. The summed E-state index contributed by atoms with van der Waals surface area (Å²) < 4.78 is 0. The van der Waals surface area contributed by atoms with Crippen molar-refractivity contribution in [1.29, 1.82) is 0 Å². The Morgan fingerprint density at radius 2 is 2.12 bits per heavy atom. The summed E-state index contributed by atoms with van der Waals surface area (Å²) in [5.74, 6) is 0.347. The summed E-state index contributed by atoms with van der Waals surface area (Å²) >= 11 is 0. The fourth-order valence-corrected chi connectivity index (χ4v) is 2.16. The van der Waals surface area contributed by atoms with Gasteiger partial charge < -0.3 is 17.2 Å². The van der Waals surface area contributed by atoms with Crippen molar-refractivity contribution >= 4 is 5.78 Å². The van der Waals surface area contributed by atoms with Crippen molar-refractivity contribution in [2.24, 2.45) is 28.5 Å². The average Bonchev–Trinajstić information content (AvgIpc) is 2.22. The second-order valence-corrected chi connectivity index (χ2v) is 5.41. The first-order valence-electron chi connectivity index (χ1n) is 5.99. The fourth-order valence-electron chi connectivity index (χ4n) is 2.16. The van der Waals surface area contributed by atoms with E-state index in [9.17, 15) is 4.79 Å². The smallest absolute Gasteiger partial charge is 0.161 e. The third-order valence-corrected chi connectivity index (χ3v) is 3.25. The van der Waals surface area contributed by atoms with Gasteiger partial charge in [-0.25, -0.2) is 0 Å². The standard InChI is InChI=1S/C13H23N3O/c1-8(2)6-10(15)12(17)13(3)7-9(14)4-5-11(13)16/h4-5,7-8,10-11H,6,14-16H2,1-3H3/t10-,11?,13?/m0/s1. The fraction of sp³-hybridized carbons (Fsp3) is 0.615. The maximum Gasteiger partial charge on any atom is 0.161 e. The molecule has 0 heterocycles. The molecule has 0 aliphatic heterocycles. The Morgan fingerprint density at radius 3 is 2.65 bits per heavy atom. The van der Waals surface area contributed by atoms with Crippen molar-refractivity contribution in [3.63, 3.8) is 0 Å². The summed E-state index contributed by atoms with van der Waals surface area (Å²) in [5.41, 5.74) is 17.4. The molecule has 1 rings (SSSR count). The van der Waals surface area contributed by atoms with E-state index in [0.29, 0.717) is 18.0 Å². The lowest BCUT2D eigenvalue weighted by Crippen LogP contribution is -2.51. The van der Waals surface area contributed by atoms with E-state index in [1.54, 1.807) is 25.2 Å². The SMILES string of the molecule is CC(C)C[C@H](N)C(=O)C1(C)C=C(N)C=CC1N. The Balaban J connectivity index is 2.90. The van der Waals surface area contributed by atoms with Crippen molar-refractivity contribution in [2.75, 3.05) is 0 Å². The summed E-state index contributed by atoms with van der Waals surface area (Å²) in [6, 6.07) is -0.845. The molecule has 0 fully saturated rings. The van der Waals surface area contributed by atoms with Gasteiger partial charge in [0.2, 0.25) is 0 Å². The summed E-state index contributed by atoms with van der Waals surface area (Å²) in [7, 11) is 0. The van der Waals surface area contributed by atoms with Crippen LogP contribution in [0, 0.1) is 11.3 Å². The Labute approximate surface area is 103 Å². The molecular weight excluding hydrogens is 214 g/mol. The largest absolute Gasteiger partial charge is 0.399 e. The van der Waals surface area contributed by atoms with Crippen LogP contribution in [0.2, 0.25) is 0 Å². The van der Waals surface area contributed by atoms with Gasteiger partial charge in [-0.05, 0) is 31.4 Å². The van der Waals surface area contributed by atoms with Crippen LogP contribution in [-0.4, -0.2) is 17.9 Å². The first-order chi connectivity index (χ1) is 7.77. The van der Waals surface area contributed by atoms with Crippen LogP contribution in [0.15, 0.2) is 23.9 Å². The molecule has 0 amide bonds. The van der Waals surface area contributed by atoms with Gasteiger partial charge in [0.25, 0.3) is 0 Å². The van der Waals surface area contributed by atoms with Crippen LogP contribution in [-0.2, 0) is 4.79 Å². The number of hydrogen-bond donors (Lipinski definition) is 3. The highest BCUT2D eigenvalue weighted by Crippen LogP contribution is 2.30. The molecule has 3 atom stereocenters. The number of allylic oxidation sites excluding steroid dienone is 1. The monoisotopic (exact) mass is 237 g/mol. The lowest BCUT2D eigenvalue weighted by molar-refractivity contribution is -0.127. The Kier molecular flexibility index (Phi) is 4.11. The Bertz CT molecular complexity index is 360. The molecule has 2 unspecified atom stereocenters. The summed E-state index contributed by atoms with van der Waals surface area (Å²) in [6.45, 7) is 5.89. The van der Waals surface area contributed by atoms with E-state index in [-0.39, 0.29) is 11.8 Å².